The van der Waals surface area contributed by atoms with Gasteiger partial charge in [-0.3, -0.25) is 29.8 Å². The molecule has 6 nitrogen and oxygen atoms in total. The minimum absolute atomic E-state index is 0.349. The Hall–Kier alpha value is -6.40. The van der Waals surface area contributed by atoms with Crippen molar-refractivity contribution in [2.75, 3.05) is 0 Å². The maximum atomic E-state index is 12.1. The fraction of sp³-hybridized carbons (Fsp3) is 0. The van der Waals surface area contributed by atoms with Crippen LogP contribution in [0.15, 0.2) is 133 Å². The van der Waals surface area contributed by atoms with E-state index in [1.807, 2.05) is 36.4 Å². The molecule has 0 aromatic heterocycles. The Labute approximate surface area is 264 Å². The van der Waals surface area contributed by atoms with Gasteiger partial charge in [0.15, 0.2) is 0 Å². The van der Waals surface area contributed by atoms with Crippen LogP contribution in [0.4, 0.5) is 0 Å². The van der Waals surface area contributed by atoms with Gasteiger partial charge in [-0.05, 0) is 79.9 Å². The lowest BCUT2D eigenvalue weighted by Gasteiger charge is -2.09. The van der Waals surface area contributed by atoms with Crippen LogP contribution in [-0.4, -0.2) is 23.6 Å². The zero-order chi connectivity index (χ0) is 31.4. The van der Waals surface area contributed by atoms with E-state index in [9.17, 15) is 19.2 Å². The molecule has 0 bridgehead atoms. The van der Waals surface area contributed by atoms with E-state index in [-0.39, 0.29) is 23.6 Å². The third-order valence-corrected chi connectivity index (χ3v) is 8.68. The molecule has 0 aliphatic carbocycles. The van der Waals surface area contributed by atoms with Crippen LogP contribution in [-0.2, 0) is 0 Å². The van der Waals surface area contributed by atoms with Crippen molar-refractivity contribution in [2.24, 2.45) is 0 Å². The minimum Gasteiger partial charge on any atom is -0.288 e. The zero-order valence-corrected chi connectivity index (χ0v) is 24.3. The SMILES string of the molecule is O=C1NC(=O)c2cc(-c3ccc(-c4ccc(-c5ccc(-c6ccc(-c7ccc8c(c7)C(=O)NC8=O)cc6)cc5)cc4)cc3)ccc21. The van der Waals surface area contributed by atoms with Gasteiger partial charge in [-0.2, -0.15) is 0 Å². The molecular weight excluding hydrogens is 572 g/mol. The van der Waals surface area contributed by atoms with E-state index in [4.69, 9.17) is 0 Å². The lowest BCUT2D eigenvalue weighted by atomic mass is 9.95. The molecule has 0 saturated heterocycles. The van der Waals surface area contributed by atoms with Crippen molar-refractivity contribution in [3.8, 4) is 55.6 Å². The number of nitrogens with one attached hydrogen (secondary N) is 2. The highest BCUT2D eigenvalue weighted by Gasteiger charge is 2.27. The molecule has 6 aromatic carbocycles. The third-order valence-electron chi connectivity index (χ3n) is 8.68. The van der Waals surface area contributed by atoms with Gasteiger partial charge < -0.3 is 0 Å². The maximum absolute atomic E-state index is 12.1. The smallest absolute Gasteiger partial charge is 0.258 e. The first kappa shape index (κ1) is 27.2. The van der Waals surface area contributed by atoms with E-state index in [1.165, 1.54) is 0 Å². The topological polar surface area (TPSA) is 92.3 Å². The maximum Gasteiger partial charge on any atom is 0.258 e. The number of imide groups is 2. The van der Waals surface area contributed by atoms with Gasteiger partial charge in [0.25, 0.3) is 23.6 Å². The van der Waals surface area contributed by atoms with Crippen LogP contribution in [0.1, 0.15) is 41.4 Å². The van der Waals surface area contributed by atoms with Crippen molar-refractivity contribution in [2.45, 2.75) is 0 Å². The molecule has 218 valence electrons. The average Bonchev–Trinajstić information content (AvgIpc) is 3.56. The quantitative estimate of drug-likeness (QED) is 0.199. The van der Waals surface area contributed by atoms with Crippen molar-refractivity contribution in [3.05, 3.63) is 156 Å². The van der Waals surface area contributed by atoms with Gasteiger partial charge in [0, 0.05) is 0 Å². The zero-order valence-electron chi connectivity index (χ0n) is 24.3. The largest absolute Gasteiger partial charge is 0.288 e. The summed E-state index contributed by atoms with van der Waals surface area (Å²) in [5, 5.41) is 4.68. The van der Waals surface area contributed by atoms with E-state index < -0.39 is 0 Å². The molecule has 2 aliphatic heterocycles. The Bertz CT molecular complexity index is 2070. The minimum atomic E-state index is -0.354. The highest BCUT2D eigenvalue weighted by Crippen LogP contribution is 2.32. The molecule has 0 spiro atoms. The summed E-state index contributed by atoms with van der Waals surface area (Å²) in [6.07, 6.45) is 0. The summed E-state index contributed by atoms with van der Waals surface area (Å²) >= 11 is 0. The first-order valence-corrected chi connectivity index (χ1v) is 14.8. The Morgan fingerprint density at radius 2 is 0.435 bits per heavy atom. The standard InChI is InChI=1S/C40H24N2O4/c43-37-33-19-17-31(21-35(33)39(45)41-37)29-13-9-27(10-14-29)25-5-1-23(2-6-25)24-3-7-26(8-4-24)28-11-15-30(16-12-28)32-18-20-34-36(22-32)40(46)42-38(34)44/h1-22H,(H,41,43,45)(H,42,44,46). The second-order valence-corrected chi connectivity index (χ2v) is 11.4. The van der Waals surface area contributed by atoms with Crippen molar-refractivity contribution < 1.29 is 19.2 Å². The normalized spacial score (nSPS) is 13.3. The summed E-state index contributed by atoms with van der Waals surface area (Å²) in [5.41, 5.74) is 12.0. The molecule has 2 heterocycles. The molecular formula is C40H24N2O4. The van der Waals surface area contributed by atoms with Gasteiger partial charge in [0.1, 0.15) is 0 Å². The van der Waals surface area contributed by atoms with E-state index >= 15 is 0 Å². The molecule has 2 N–H and O–H groups in total. The summed E-state index contributed by atoms with van der Waals surface area (Å²) in [7, 11) is 0. The van der Waals surface area contributed by atoms with Crippen molar-refractivity contribution in [1.82, 2.24) is 10.6 Å². The molecule has 0 unspecified atom stereocenters. The molecule has 0 saturated carbocycles. The van der Waals surface area contributed by atoms with Gasteiger partial charge in [0.05, 0.1) is 22.3 Å². The number of hydrogen-bond donors (Lipinski definition) is 2. The molecule has 4 amide bonds. The van der Waals surface area contributed by atoms with E-state index in [0.29, 0.717) is 22.3 Å². The Kier molecular flexibility index (Phi) is 6.29. The molecule has 0 fully saturated rings. The van der Waals surface area contributed by atoms with Gasteiger partial charge in [0.2, 0.25) is 0 Å². The summed E-state index contributed by atoms with van der Waals surface area (Å²) in [5.74, 6) is -1.40. The molecule has 8 rings (SSSR count). The molecule has 0 radical (unpaired) electrons. The highest BCUT2D eigenvalue weighted by atomic mass is 16.2. The number of carbonyl (C=O) groups excluding carboxylic acids is 4. The predicted molar refractivity (Wildman–Crippen MR) is 177 cm³/mol. The first-order chi connectivity index (χ1) is 22.4. The van der Waals surface area contributed by atoms with E-state index in [0.717, 1.165) is 55.6 Å². The summed E-state index contributed by atoms with van der Waals surface area (Å²) in [4.78, 5) is 47.8. The van der Waals surface area contributed by atoms with Crippen LogP contribution in [0, 0.1) is 0 Å². The van der Waals surface area contributed by atoms with Crippen LogP contribution < -0.4 is 10.6 Å². The first-order valence-electron chi connectivity index (χ1n) is 14.8. The molecule has 0 atom stereocenters. The van der Waals surface area contributed by atoms with Crippen molar-refractivity contribution in [3.63, 3.8) is 0 Å². The van der Waals surface area contributed by atoms with E-state index in [1.54, 1.807) is 24.3 Å². The fourth-order valence-corrected chi connectivity index (χ4v) is 6.12. The number of benzene rings is 6. The van der Waals surface area contributed by atoms with Crippen LogP contribution in [0.2, 0.25) is 0 Å². The van der Waals surface area contributed by atoms with Gasteiger partial charge in [-0.25, -0.2) is 0 Å². The van der Waals surface area contributed by atoms with Crippen molar-refractivity contribution >= 4 is 23.6 Å². The van der Waals surface area contributed by atoms with E-state index in [2.05, 4.69) is 83.4 Å². The number of rotatable bonds is 5. The number of fused-ring (bicyclic) bond motifs is 2. The second kappa shape index (κ2) is 10.6. The summed E-state index contributed by atoms with van der Waals surface area (Å²) in [6, 6.07) is 43.9. The van der Waals surface area contributed by atoms with Gasteiger partial charge in [-0.15, -0.1) is 0 Å². The summed E-state index contributed by atoms with van der Waals surface area (Å²) in [6.45, 7) is 0. The van der Waals surface area contributed by atoms with Gasteiger partial charge >= 0.3 is 0 Å². The monoisotopic (exact) mass is 596 g/mol. The average molecular weight is 597 g/mol. The lowest BCUT2D eigenvalue weighted by Crippen LogP contribution is -2.19. The van der Waals surface area contributed by atoms with Crippen LogP contribution in [0.3, 0.4) is 0 Å². The fourth-order valence-electron chi connectivity index (χ4n) is 6.12. The lowest BCUT2D eigenvalue weighted by molar-refractivity contribution is 0.0863. The molecule has 6 aromatic rings. The molecule has 6 heteroatoms. The van der Waals surface area contributed by atoms with Crippen molar-refractivity contribution in [1.29, 1.82) is 0 Å². The Balaban J connectivity index is 0.961. The van der Waals surface area contributed by atoms with Crippen LogP contribution >= 0.6 is 0 Å². The van der Waals surface area contributed by atoms with Crippen LogP contribution in [0.5, 0.6) is 0 Å². The predicted octanol–water partition coefficient (Wildman–Crippen LogP) is 7.79. The number of carbonyl (C=O) groups is 4. The Morgan fingerprint density at radius 1 is 0.239 bits per heavy atom. The Morgan fingerprint density at radius 3 is 0.696 bits per heavy atom. The number of hydrogen-bond acceptors (Lipinski definition) is 4. The second-order valence-electron chi connectivity index (χ2n) is 11.4. The van der Waals surface area contributed by atoms with Gasteiger partial charge in [-0.1, -0.05) is 109 Å². The molecule has 46 heavy (non-hydrogen) atoms. The number of amides is 4. The highest BCUT2D eigenvalue weighted by molar-refractivity contribution is 6.22. The summed E-state index contributed by atoms with van der Waals surface area (Å²) < 4.78 is 0. The van der Waals surface area contributed by atoms with Crippen LogP contribution in [0.25, 0.3) is 55.6 Å². The molecule has 2 aliphatic rings. The third kappa shape index (κ3) is 4.69.